The first-order valence-corrected chi connectivity index (χ1v) is 32.2. The third kappa shape index (κ3) is 13.0. The van der Waals surface area contributed by atoms with E-state index in [0.717, 1.165) is 78.1 Å². The van der Waals surface area contributed by atoms with Crippen molar-refractivity contribution in [3.8, 4) is 68.8 Å². The van der Waals surface area contributed by atoms with Gasteiger partial charge in [0.2, 0.25) is 0 Å². The second-order valence-electron chi connectivity index (χ2n) is 33.9. The van der Waals surface area contributed by atoms with E-state index in [0.29, 0.717) is 33.5 Å². The lowest BCUT2D eigenvalue weighted by molar-refractivity contribution is 0.473. The number of hydrogen-bond acceptors (Lipinski definition) is 6. The fourth-order valence-corrected chi connectivity index (χ4v) is 12.5. The van der Waals surface area contributed by atoms with Crippen LogP contribution in [0.1, 0.15) is 245 Å². The van der Waals surface area contributed by atoms with Crippen LogP contribution in [0.25, 0.3) is 78.7 Å². The summed E-state index contributed by atoms with van der Waals surface area (Å²) in [7, 11) is 0. The fourth-order valence-electron chi connectivity index (χ4n) is 12.5. The fraction of sp³-hybridized carbons (Fsp3) is 0.439. The summed E-state index contributed by atoms with van der Waals surface area (Å²) in [6, 6.07) is 45.6. The molecule has 8 nitrogen and oxygen atoms in total. The first-order chi connectivity index (χ1) is 41.5. The molecule has 3 aromatic heterocycles. The second kappa shape index (κ2) is 22.9. The number of aromatic nitrogens is 4. The van der Waals surface area contributed by atoms with E-state index in [1.54, 1.807) is 0 Å². The van der Waals surface area contributed by atoms with Crippen LogP contribution in [-0.4, -0.2) is 19.9 Å². The number of nitrogens with zero attached hydrogens (tertiary/aromatic N) is 6. The molecule has 0 radical (unpaired) electrons. The van der Waals surface area contributed by atoms with Crippen molar-refractivity contribution in [2.24, 2.45) is 11.8 Å². The molecule has 5 heterocycles. The number of nitriles is 4. The quantitative estimate of drug-likeness (QED) is 0.169. The molecule has 2 N–H and O–H groups in total. The summed E-state index contributed by atoms with van der Waals surface area (Å²) in [5, 5.41) is 46.0. The molecule has 90 heavy (non-hydrogen) atoms. The average molecular weight is 1190 g/mol. The van der Waals surface area contributed by atoms with Gasteiger partial charge in [0, 0.05) is 56.2 Å². The van der Waals surface area contributed by atoms with Gasteiger partial charge >= 0.3 is 0 Å². The highest BCUT2D eigenvalue weighted by Crippen LogP contribution is 2.54. The molecular formula is C82H96N8. The van der Waals surface area contributed by atoms with Crippen molar-refractivity contribution in [1.82, 2.24) is 19.9 Å². The van der Waals surface area contributed by atoms with Crippen LogP contribution in [0, 0.1) is 57.2 Å². The molecule has 0 unspecified atom stereocenters. The molecule has 0 saturated carbocycles. The Morgan fingerprint density at radius 2 is 0.500 bits per heavy atom. The van der Waals surface area contributed by atoms with Gasteiger partial charge in [0.05, 0.1) is 47.1 Å². The Morgan fingerprint density at radius 3 is 0.700 bits per heavy atom. The van der Waals surface area contributed by atoms with Crippen LogP contribution in [0.3, 0.4) is 0 Å². The number of H-pyrrole nitrogens is 2. The van der Waals surface area contributed by atoms with Crippen LogP contribution in [0.2, 0.25) is 0 Å². The molecule has 2 aliphatic heterocycles. The van der Waals surface area contributed by atoms with Crippen LogP contribution in [0.15, 0.2) is 97.1 Å². The Labute approximate surface area is 538 Å². The van der Waals surface area contributed by atoms with E-state index in [9.17, 15) is 21.0 Å². The van der Waals surface area contributed by atoms with Gasteiger partial charge < -0.3 is 9.97 Å². The van der Waals surface area contributed by atoms with E-state index in [1.807, 2.05) is 0 Å². The Hall–Kier alpha value is -8.30. The largest absolute Gasteiger partial charge is 0.354 e. The van der Waals surface area contributed by atoms with Crippen molar-refractivity contribution in [3.63, 3.8) is 0 Å². The standard InChI is InChI=1S/C82H96N8/c1-75(2,3)53-31-47(32-54(39-53)76(4,5)6)67-61-25-26-62(87-61)68(48-33-55(77(7,8)9)40-56(34-48)78(10,11)12)64-28-30-66(89-64)70(50-37-59(81(19,20)21)42-60(38-50)82(22,23)24)74-72(52(45-85)46-86)71(51(43-83)44-84)73(90-74)69(65-29-27-63(67)88-65)49-35-57(79(13,14)15)41-58(36-49)80(16,17)18/h25-42,51-52,71-72,88-89H,1-24H3/t71-,72-/m0/s1. The SMILES string of the molecule is CC(C)(C)c1cc(-c2c3nc(c(-c4cc(C(C)(C)C)cc(C(C)(C)C)c4)c4ccc([nH]4)c(-c4cc(C(C)(C)C)cc(C(C)(C)C)c4)c4nc(c(-c5cc(C(C)(C)C)cc(C(C)(C)C)c5)c5ccc2[nH]5)[C@@H](C(C#N)C#N)[C@@H]4C(C#N)C#N)C=C3)cc(C(C)(C)C)c1. The zero-order chi connectivity index (χ0) is 66.6. The third-order valence-electron chi connectivity index (χ3n) is 18.5. The molecule has 464 valence electrons. The second-order valence-corrected chi connectivity index (χ2v) is 33.9. The van der Waals surface area contributed by atoms with Crippen LogP contribution in [0.5, 0.6) is 0 Å². The van der Waals surface area contributed by atoms with Crippen LogP contribution in [0.4, 0.5) is 0 Å². The van der Waals surface area contributed by atoms with E-state index >= 15 is 0 Å². The van der Waals surface area contributed by atoms with Gasteiger partial charge in [0.15, 0.2) is 0 Å². The van der Waals surface area contributed by atoms with E-state index in [1.165, 1.54) is 22.3 Å². The van der Waals surface area contributed by atoms with Crippen molar-refractivity contribution in [2.75, 3.05) is 0 Å². The number of nitrogens with one attached hydrogen (secondary N) is 2. The van der Waals surface area contributed by atoms with Crippen molar-refractivity contribution in [3.05, 3.63) is 164 Å². The Balaban J connectivity index is 1.68. The minimum Gasteiger partial charge on any atom is -0.354 e. The highest BCUT2D eigenvalue weighted by Gasteiger charge is 2.47. The summed E-state index contributed by atoms with van der Waals surface area (Å²) in [6.07, 6.45) is 4.33. The summed E-state index contributed by atoms with van der Waals surface area (Å²) in [5.74, 6) is -4.77. The molecule has 0 saturated heterocycles. The van der Waals surface area contributed by atoms with Gasteiger partial charge in [-0.15, -0.1) is 0 Å². The molecule has 9 rings (SSSR count). The van der Waals surface area contributed by atoms with E-state index < -0.39 is 23.7 Å². The molecule has 0 aliphatic carbocycles. The first-order valence-electron chi connectivity index (χ1n) is 32.2. The lowest BCUT2D eigenvalue weighted by Crippen LogP contribution is -2.21. The summed E-state index contributed by atoms with van der Waals surface area (Å²) in [5.41, 5.74) is 19.5. The topological polar surface area (TPSA) is 153 Å². The molecule has 0 amide bonds. The van der Waals surface area contributed by atoms with Gasteiger partial charge in [-0.05, 0) is 146 Å². The Kier molecular flexibility index (Phi) is 16.8. The van der Waals surface area contributed by atoms with Crippen molar-refractivity contribution in [2.45, 2.75) is 221 Å². The third-order valence-corrected chi connectivity index (χ3v) is 18.5. The monoisotopic (exact) mass is 1190 g/mol. The Bertz CT molecular complexity index is 3950. The maximum Gasteiger partial charge on any atom is 0.142 e. The van der Waals surface area contributed by atoms with Crippen molar-refractivity contribution < 1.29 is 0 Å². The number of benzene rings is 4. The lowest BCUT2D eigenvalue weighted by atomic mass is 9.72. The molecule has 8 heteroatoms. The average Bonchev–Trinajstić information content (AvgIpc) is 1.56. The predicted molar refractivity (Wildman–Crippen MR) is 376 cm³/mol. The first kappa shape index (κ1) is 66.1. The van der Waals surface area contributed by atoms with Crippen LogP contribution in [-0.2, 0) is 43.3 Å². The van der Waals surface area contributed by atoms with Crippen LogP contribution >= 0.6 is 0 Å². The van der Waals surface area contributed by atoms with E-state index in [-0.39, 0.29) is 43.3 Å². The van der Waals surface area contributed by atoms with Gasteiger partial charge in [-0.1, -0.05) is 239 Å². The van der Waals surface area contributed by atoms with Gasteiger partial charge in [-0.3, -0.25) is 4.98 Å². The van der Waals surface area contributed by atoms with Gasteiger partial charge in [-0.25, -0.2) is 4.98 Å². The maximum atomic E-state index is 11.5. The Morgan fingerprint density at radius 1 is 0.300 bits per heavy atom. The highest BCUT2D eigenvalue weighted by molar-refractivity contribution is 5.98. The van der Waals surface area contributed by atoms with Crippen molar-refractivity contribution in [1.29, 1.82) is 21.0 Å². The summed E-state index contributed by atoms with van der Waals surface area (Å²) < 4.78 is 0. The molecule has 0 spiro atoms. The van der Waals surface area contributed by atoms with Gasteiger partial charge in [0.25, 0.3) is 0 Å². The summed E-state index contributed by atoms with van der Waals surface area (Å²) in [6.45, 7) is 53.8. The molecule has 7 aromatic rings. The minimum atomic E-state index is -1.34. The zero-order valence-electron chi connectivity index (χ0n) is 58.4. The van der Waals surface area contributed by atoms with Crippen molar-refractivity contribution >= 4 is 34.2 Å². The number of hydrogen-bond donors (Lipinski definition) is 2. The number of fused-ring (bicyclic) bond motifs is 8. The minimum absolute atomic E-state index is 0.208. The predicted octanol–water partition coefficient (Wildman–Crippen LogP) is 21.7. The zero-order valence-corrected chi connectivity index (χ0v) is 58.4. The maximum absolute atomic E-state index is 11.5. The summed E-state index contributed by atoms with van der Waals surface area (Å²) >= 11 is 0. The molecule has 0 fully saturated rings. The lowest BCUT2D eigenvalue weighted by Gasteiger charge is -2.28. The van der Waals surface area contributed by atoms with E-state index in [4.69, 9.17) is 9.97 Å². The van der Waals surface area contributed by atoms with E-state index in [2.05, 4.69) is 310 Å². The summed E-state index contributed by atoms with van der Waals surface area (Å²) in [4.78, 5) is 19.9. The van der Waals surface area contributed by atoms with Gasteiger partial charge in [-0.2, -0.15) is 21.0 Å². The normalized spacial score (nSPS) is 15.2. The smallest absolute Gasteiger partial charge is 0.142 e. The van der Waals surface area contributed by atoms with Crippen LogP contribution < -0.4 is 0 Å². The molecule has 2 aliphatic rings. The number of rotatable bonds is 6. The molecular weight excluding hydrogens is 1100 g/mol. The molecule has 4 aromatic carbocycles. The number of aromatic amines is 2. The van der Waals surface area contributed by atoms with Gasteiger partial charge in [0.1, 0.15) is 11.8 Å². The molecule has 8 bridgehead atoms. The highest BCUT2D eigenvalue weighted by atomic mass is 14.8. The molecule has 2 atom stereocenters.